The molecule has 0 atom stereocenters. The number of rotatable bonds is 3. The minimum atomic E-state index is 0.0402. The van der Waals surface area contributed by atoms with Crippen LogP contribution in [0.5, 0.6) is 0 Å². The highest BCUT2D eigenvalue weighted by molar-refractivity contribution is 7.99. The highest BCUT2D eigenvalue weighted by Crippen LogP contribution is 2.31. The third-order valence-corrected chi connectivity index (χ3v) is 3.96. The molecule has 1 amide bonds. The Bertz CT molecular complexity index is 393. The smallest absolute Gasteiger partial charge is 0.225 e. The van der Waals surface area contributed by atoms with Crippen LogP contribution in [-0.2, 0) is 11.2 Å². The Hall–Kier alpha value is -0.610. The predicted octanol–water partition coefficient (Wildman–Crippen LogP) is 2.98. The van der Waals surface area contributed by atoms with Crippen molar-refractivity contribution in [2.45, 2.75) is 24.2 Å². The Kier molecular flexibility index (Phi) is 4.18. The van der Waals surface area contributed by atoms with Gasteiger partial charge in [-0.1, -0.05) is 0 Å². The summed E-state index contributed by atoms with van der Waals surface area (Å²) in [5.41, 5.74) is 2.27. The standard InChI is InChI=1S/C12H15NOS2/c14-12(5-6-15)13-10-3-4-11-9(8-10)2-1-7-16-11/h3-4,8,15H,1-2,5-7H2,(H,13,14). The van der Waals surface area contributed by atoms with Crippen molar-refractivity contribution >= 4 is 36.0 Å². The summed E-state index contributed by atoms with van der Waals surface area (Å²) >= 11 is 5.94. The average Bonchev–Trinajstić information content (AvgIpc) is 2.29. The van der Waals surface area contributed by atoms with Crippen molar-refractivity contribution in [3.8, 4) is 0 Å². The van der Waals surface area contributed by atoms with Crippen molar-refractivity contribution in [2.75, 3.05) is 16.8 Å². The number of anilines is 1. The molecule has 0 fully saturated rings. The second-order valence-corrected chi connectivity index (χ2v) is 5.38. The Morgan fingerprint density at radius 1 is 1.50 bits per heavy atom. The van der Waals surface area contributed by atoms with Gasteiger partial charge in [0.2, 0.25) is 5.91 Å². The van der Waals surface area contributed by atoms with Crippen molar-refractivity contribution in [3.05, 3.63) is 23.8 Å². The summed E-state index contributed by atoms with van der Waals surface area (Å²) in [7, 11) is 0. The molecule has 1 aromatic rings. The van der Waals surface area contributed by atoms with Gasteiger partial charge in [0, 0.05) is 17.0 Å². The van der Waals surface area contributed by atoms with Gasteiger partial charge >= 0.3 is 0 Å². The van der Waals surface area contributed by atoms with E-state index in [9.17, 15) is 4.79 Å². The minimum absolute atomic E-state index is 0.0402. The summed E-state index contributed by atoms with van der Waals surface area (Å²) in [6.45, 7) is 0. The molecule has 2 nitrogen and oxygen atoms in total. The zero-order valence-corrected chi connectivity index (χ0v) is 10.7. The van der Waals surface area contributed by atoms with E-state index in [-0.39, 0.29) is 5.91 Å². The number of carbonyl (C=O) groups excluding carboxylic acids is 1. The van der Waals surface area contributed by atoms with E-state index in [4.69, 9.17) is 0 Å². The summed E-state index contributed by atoms with van der Waals surface area (Å²) in [6.07, 6.45) is 2.82. The average molecular weight is 253 g/mol. The summed E-state index contributed by atoms with van der Waals surface area (Å²) in [6, 6.07) is 6.18. The summed E-state index contributed by atoms with van der Waals surface area (Å²) in [4.78, 5) is 12.8. The van der Waals surface area contributed by atoms with E-state index in [0.29, 0.717) is 12.2 Å². The highest BCUT2D eigenvalue weighted by Gasteiger charge is 2.10. The number of thiol groups is 1. The lowest BCUT2D eigenvalue weighted by atomic mass is 10.1. The summed E-state index contributed by atoms with van der Waals surface area (Å²) < 4.78 is 0. The van der Waals surface area contributed by atoms with Gasteiger partial charge in [-0.2, -0.15) is 12.6 Å². The molecule has 1 aromatic carbocycles. The van der Waals surface area contributed by atoms with Gasteiger partial charge in [-0.3, -0.25) is 4.79 Å². The highest BCUT2D eigenvalue weighted by atomic mass is 32.2. The molecule has 0 aromatic heterocycles. The molecule has 0 saturated heterocycles. The maximum absolute atomic E-state index is 11.4. The van der Waals surface area contributed by atoms with Gasteiger partial charge < -0.3 is 5.32 Å². The number of nitrogens with one attached hydrogen (secondary N) is 1. The first kappa shape index (κ1) is 11.9. The Balaban J connectivity index is 2.08. The number of aryl methyl sites for hydroxylation is 1. The van der Waals surface area contributed by atoms with Gasteiger partial charge in [0.25, 0.3) is 0 Å². The predicted molar refractivity (Wildman–Crippen MR) is 72.6 cm³/mol. The Morgan fingerprint density at radius 3 is 3.19 bits per heavy atom. The maximum Gasteiger partial charge on any atom is 0.225 e. The van der Waals surface area contributed by atoms with Crippen LogP contribution in [-0.4, -0.2) is 17.4 Å². The van der Waals surface area contributed by atoms with E-state index in [1.807, 2.05) is 17.8 Å². The van der Waals surface area contributed by atoms with Crippen LogP contribution in [0.25, 0.3) is 0 Å². The van der Waals surface area contributed by atoms with E-state index in [1.165, 1.54) is 22.6 Å². The molecule has 0 bridgehead atoms. The zero-order chi connectivity index (χ0) is 11.4. The van der Waals surface area contributed by atoms with E-state index >= 15 is 0 Å². The molecular formula is C12H15NOS2. The lowest BCUT2D eigenvalue weighted by molar-refractivity contribution is -0.115. The van der Waals surface area contributed by atoms with E-state index in [0.717, 1.165) is 12.1 Å². The van der Waals surface area contributed by atoms with Crippen LogP contribution in [0, 0.1) is 0 Å². The molecule has 1 heterocycles. The second kappa shape index (κ2) is 5.64. The van der Waals surface area contributed by atoms with Gasteiger partial charge in [-0.15, -0.1) is 11.8 Å². The summed E-state index contributed by atoms with van der Waals surface area (Å²) in [5.74, 6) is 1.84. The first-order chi connectivity index (χ1) is 7.79. The topological polar surface area (TPSA) is 29.1 Å². The molecule has 1 aliphatic rings. The van der Waals surface area contributed by atoms with Crippen LogP contribution >= 0.6 is 24.4 Å². The summed E-state index contributed by atoms with van der Waals surface area (Å²) in [5, 5.41) is 2.90. The SMILES string of the molecule is O=C(CCS)Nc1ccc2c(c1)CCCS2. The van der Waals surface area contributed by atoms with Gasteiger partial charge in [0.15, 0.2) is 0 Å². The fraction of sp³-hybridized carbons (Fsp3) is 0.417. The number of amides is 1. The number of fused-ring (bicyclic) bond motifs is 1. The van der Waals surface area contributed by atoms with Crippen LogP contribution < -0.4 is 5.32 Å². The number of hydrogen-bond acceptors (Lipinski definition) is 3. The molecule has 0 aliphatic carbocycles. The molecule has 0 radical (unpaired) electrons. The van der Waals surface area contributed by atoms with E-state index < -0.39 is 0 Å². The van der Waals surface area contributed by atoms with Crippen LogP contribution in [0.4, 0.5) is 5.69 Å². The molecular weight excluding hydrogens is 238 g/mol. The van der Waals surface area contributed by atoms with Crippen molar-refractivity contribution < 1.29 is 4.79 Å². The maximum atomic E-state index is 11.4. The van der Waals surface area contributed by atoms with Gasteiger partial charge in [0.1, 0.15) is 0 Å². The number of thioether (sulfide) groups is 1. The minimum Gasteiger partial charge on any atom is -0.326 e. The zero-order valence-electron chi connectivity index (χ0n) is 9.03. The molecule has 2 rings (SSSR count). The second-order valence-electron chi connectivity index (χ2n) is 3.80. The fourth-order valence-corrected chi connectivity index (χ4v) is 2.99. The number of hydrogen-bond donors (Lipinski definition) is 2. The third kappa shape index (κ3) is 2.95. The number of carbonyl (C=O) groups is 1. The normalized spacial score (nSPS) is 14.3. The van der Waals surface area contributed by atoms with Crippen molar-refractivity contribution in [2.24, 2.45) is 0 Å². The molecule has 4 heteroatoms. The van der Waals surface area contributed by atoms with Crippen molar-refractivity contribution in [1.29, 1.82) is 0 Å². The molecule has 1 N–H and O–H groups in total. The molecule has 0 spiro atoms. The van der Waals surface area contributed by atoms with Gasteiger partial charge in [-0.05, 0) is 48.1 Å². The molecule has 86 valence electrons. The quantitative estimate of drug-likeness (QED) is 0.811. The molecule has 0 unspecified atom stereocenters. The molecule has 0 saturated carbocycles. The molecule has 1 aliphatic heterocycles. The Labute approximate surface area is 106 Å². The van der Waals surface area contributed by atoms with Crippen molar-refractivity contribution in [3.63, 3.8) is 0 Å². The lowest BCUT2D eigenvalue weighted by Crippen LogP contribution is -2.12. The number of benzene rings is 1. The van der Waals surface area contributed by atoms with Crippen LogP contribution in [0.15, 0.2) is 23.1 Å². The fourth-order valence-electron chi connectivity index (χ4n) is 1.76. The monoisotopic (exact) mass is 253 g/mol. The van der Waals surface area contributed by atoms with Gasteiger partial charge in [-0.25, -0.2) is 0 Å². The first-order valence-electron chi connectivity index (χ1n) is 5.46. The molecule has 16 heavy (non-hydrogen) atoms. The third-order valence-electron chi connectivity index (χ3n) is 2.53. The van der Waals surface area contributed by atoms with Crippen LogP contribution in [0.2, 0.25) is 0 Å². The lowest BCUT2D eigenvalue weighted by Gasteiger charge is -2.16. The van der Waals surface area contributed by atoms with Crippen LogP contribution in [0.1, 0.15) is 18.4 Å². The van der Waals surface area contributed by atoms with Crippen LogP contribution in [0.3, 0.4) is 0 Å². The van der Waals surface area contributed by atoms with E-state index in [1.54, 1.807) is 0 Å². The largest absolute Gasteiger partial charge is 0.326 e. The van der Waals surface area contributed by atoms with E-state index in [2.05, 4.69) is 30.1 Å². The first-order valence-corrected chi connectivity index (χ1v) is 7.08. The Morgan fingerprint density at radius 2 is 2.38 bits per heavy atom. The van der Waals surface area contributed by atoms with Gasteiger partial charge in [0.05, 0.1) is 0 Å². The van der Waals surface area contributed by atoms with Crippen molar-refractivity contribution in [1.82, 2.24) is 0 Å².